The molecule has 7 heteroatoms. The van der Waals surface area contributed by atoms with Gasteiger partial charge in [0.15, 0.2) is 0 Å². The Kier molecular flexibility index (Phi) is 5.31. The second kappa shape index (κ2) is 7.21. The topological polar surface area (TPSA) is 56.2 Å². The van der Waals surface area contributed by atoms with Gasteiger partial charge in [-0.1, -0.05) is 12.1 Å². The van der Waals surface area contributed by atoms with Crippen LogP contribution in [0.4, 0.5) is 8.78 Å². The summed E-state index contributed by atoms with van der Waals surface area (Å²) in [6, 6.07) is 6.72. The highest BCUT2D eigenvalue weighted by molar-refractivity contribution is 5.96. The number of hydrogen-bond acceptors (Lipinski definition) is 3. The maximum Gasteiger partial charge on any atom is 0.272 e. The monoisotopic (exact) mass is 323 g/mol. The standard InChI is InChI=1S/C16H19F2N3O2/c1-10-15(11(2)21(3)20-10)16(22)19-8-12-5-4-6-13(7-12)23-9-14(17)18/h4-7,14H,8-9H2,1-3H3,(H,19,22). The van der Waals surface area contributed by atoms with Crippen LogP contribution in [-0.4, -0.2) is 28.7 Å². The van der Waals surface area contributed by atoms with Crippen molar-refractivity contribution in [3.8, 4) is 5.75 Å². The first-order valence-electron chi connectivity index (χ1n) is 7.16. The first kappa shape index (κ1) is 16.9. The summed E-state index contributed by atoms with van der Waals surface area (Å²) in [6.45, 7) is 3.23. The van der Waals surface area contributed by atoms with E-state index in [-0.39, 0.29) is 12.5 Å². The van der Waals surface area contributed by atoms with Crippen molar-refractivity contribution in [2.75, 3.05) is 6.61 Å². The van der Waals surface area contributed by atoms with Crippen LogP contribution in [0, 0.1) is 13.8 Å². The van der Waals surface area contributed by atoms with E-state index in [0.717, 1.165) is 11.3 Å². The Morgan fingerprint density at radius 3 is 2.74 bits per heavy atom. The molecule has 0 atom stereocenters. The zero-order chi connectivity index (χ0) is 17.0. The predicted molar refractivity (Wildman–Crippen MR) is 81.8 cm³/mol. The molecule has 0 radical (unpaired) electrons. The number of aryl methyl sites for hydroxylation is 2. The normalized spacial score (nSPS) is 10.9. The lowest BCUT2D eigenvalue weighted by Gasteiger charge is -2.09. The molecule has 0 aliphatic carbocycles. The van der Waals surface area contributed by atoms with Crippen molar-refractivity contribution in [1.82, 2.24) is 15.1 Å². The maximum atomic E-state index is 12.3. The molecule has 0 spiro atoms. The third-order valence-corrected chi connectivity index (χ3v) is 3.46. The Labute approximate surface area is 133 Å². The first-order chi connectivity index (χ1) is 10.9. The number of rotatable bonds is 6. The zero-order valence-electron chi connectivity index (χ0n) is 13.3. The minimum absolute atomic E-state index is 0.216. The van der Waals surface area contributed by atoms with Gasteiger partial charge in [0, 0.05) is 19.3 Å². The van der Waals surface area contributed by atoms with Crippen molar-refractivity contribution in [3.63, 3.8) is 0 Å². The molecule has 23 heavy (non-hydrogen) atoms. The van der Waals surface area contributed by atoms with Crippen molar-refractivity contribution in [2.45, 2.75) is 26.8 Å². The SMILES string of the molecule is Cc1nn(C)c(C)c1C(=O)NCc1cccc(OCC(F)F)c1. The number of carbonyl (C=O) groups is 1. The van der Waals surface area contributed by atoms with Crippen LogP contribution in [0.1, 0.15) is 27.3 Å². The minimum Gasteiger partial charge on any atom is -0.488 e. The smallest absolute Gasteiger partial charge is 0.272 e. The molecule has 2 rings (SSSR count). The zero-order valence-corrected chi connectivity index (χ0v) is 13.3. The molecule has 0 saturated carbocycles. The van der Waals surface area contributed by atoms with Crippen LogP contribution in [0.25, 0.3) is 0 Å². The molecule has 1 N–H and O–H groups in total. The summed E-state index contributed by atoms with van der Waals surface area (Å²) in [5.41, 5.74) is 2.77. The van der Waals surface area contributed by atoms with Gasteiger partial charge in [0.1, 0.15) is 12.4 Å². The summed E-state index contributed by atoms with van der Waals surface area (Å²) in [7, 11) is 1.78. The van der Waals surface area contributed by atoms with E-state index in [9.17, 15) is 13.6 Å². The van der Waals surface area contributed by atoms with Crippen molar-refractivity contribution < 1.29 is 18.3 Å². The van der Waals surface area contributed by atoms with Gasteiger partial charge in [-0.25, -0.2) is 8.78 Å². The van der Waals surface area contributed by atoms with Gasteiger partial charge in [-0.05, 0) is 31.5 Å². The summed E-state index contributed by atoms with van der Waals surface area (Å²) in [5, 5.41) is 7.01. The summed E-state index contributed by atoms with van der Waals surface area (Å²) in [5.74, 6) is 0.137. The quantitative estimate of drug-likeness (QED) is 0.889. The lowest BCUT2D eigenvalue weighted by atomic mass is 10.1. The molecular weight excluding hydrogens is 304 g/mol. The number of nitrogens with one attached hydrogen (secondary N) is 1. The van der Waals surface area contributed by atoms with Gasteiger partial charge in [0.2, 0.25) is 0 Å². The van der Waals surface area contributed by atoms with Crippen LogP contribution in [0.15, 0.2) is 24.3 Å². The molecular formula is C16H19F2N3O2. The lowest BCUT2D eigenvalue weighted by Crippen LogP contribution is -2.24. The van der Waals surface area contributed by atoms with Crippen molar-refractivity contribution in [3.05, 3.63) is 46.8 Å². The Balaban J connectivity index is 2.00. The Bertz CT molecular complexity index is 699. The molecule has 1 aromatic carbocycles. The van der Waals surface area contributed by atoms with Crippen molar-refractivity contribution in [2.24, 2.45) is 7.05 Å². The molecule has 1 aromatic heterocycles. The first-order valence-corrected chi connectivity index (χ1v) is 7.16. The average molecular weight is 323 g/mol. The number of carbonyl (C=O) groups excluding carboxylic acids is 1. The molecule has 1 heterocycles. The van der Waals surface area contributed by atoms with Gasteiger partial charge in [-0.15, -0.1) is 0 Å². The van der Waals surface area contributed by atoms with E-state index < -0.39 is 13.0 Å². The molecule has 0 fully saturated rings. The van der Waals surface area contributed by atoms with Gasteiger partial charge < -0.3 is 10.1 Å². The Morgan fingerprint density at radius 1 is 1.39 bits per heavy atom. The van der Waals surface area contributed by atoms with Crippen molar-refractivity contribution in [1.29, 1.82) is 0 Å². The Hall–Kier alpha value is -2.44. The third kappa shape index (κ3) is 4.28. The van der Waals surface area contributed by atoms with E-state index in [2.05, 4.69) is 10.4 Å². The number of amides is 1. The van der Waals surface area contributed by atoms with E-state index >= 15 is 0 Å². The van der Waals surface area contributed by atoms with Crippen LogP contribution in [0.5, 0.6) is 5.75 Å². The van der Waals surface area contributed by atoms with Gasteiger partial charge in [-0.3, -0.25) is 9.48 Å². The van der Waals surface area contributed by atoms with Gasteiger partial charge in [0.25, 0.3) is 12.3 Å². The van der Waals surface area contributed by atoms with Gasteiger partial charge in [0.05, 0.1) is 11.3 Å². The van der Waals surface area contributed by atoms with Crippen LogP contribution >= 0.6 is 0 Å². The maximum absolute atomic E-state index is 12.3. The molecule has 0 aliphatic heterocycles. The highest BCUT2D eigenvalue weighted by Crippen LogP contribution is 2.15. The fraction of sp³-hybridized carbons (Fsp3) is 0.375. The summed E-state index contributed by atoms with van der Waals surface area (Å²) in [4.78, 5) is 12.3. The number of benzene rings is 1. The molecule has 1 amide bonds. The lowest BCUT2D eigenvalue weighted by molar-refractivity contribution is 0.0818. The van der Waals surface area contributed by atoms with E-state index in [1.165, 1.54) is 0 Å². The number of ether oxygens (including phenoxy) is 1. The largest absolute Gasteiger partial charge is 0.488 e. The van der Waals surface area contributed by atoms with Gasteiger partial charge in [-0.2, -0.15) is 5.10 Å². The Morgan fingerprint density at radius 2 is 2.13 bits per heavy atom. The highest BCUT2D eigenvalue weighted by atomic mass is 19.3. The number of halogens is 2. The molecule has 0 saturated heterocycles. The van der Waals surface area contributed by atoms with Crippen LogP contribution in [0.3, 0.4) is 0 Å². The second-order valence-electron chi connectivity index (χ2n) is 5.20. The molecule has 5 nitrogen and oxygen atoms in total. The summed E-state index contributed by atoms with van der Waals surface area (Å²) >= 11 is 0. The fourth-order valence-corrected chi connectivity index (χ4v) is 2.28. The molecule has 0 aliphatic rings. The van der Waals surface area contributed by atoms with E-state index in [1.54, 1.807) is 42.9 Å². The number of alkyl halides is 2. The predicted octanol–water partition coefficient (Wildman–Crippen LogP) is 2.61. The van der Waals surface area contributed by atoms with Crippen LogP contribution in [-0.2, 0) is 13.6 Å². The van der Waals surface area contributed by atoms with Crippen molar-refractivity contribution >= 4 is 5.91 Å². The summed E-state index contributed by atoms with van der Waals surface area (Å²) < 4.78 is 30.9. The number of nitrogens with zero attached hydrogens (tertiary/aromatic N) is 2. The number of hydrogen-bond donors (Lipinski definition) is 1. The fourth-order valence-electron chi connectivity index (χ4n) is 2.28. The molecule has 0 bridgehead atoms. The van der Waals surface area contributed by atoms with E-state index in [4.69, 9.17) is 4.74 Å². The summed E-state index contributed by atoms with van der Waals surface area (Å²) in [6.07, 6.45) is -2.52. The van der Waals surface area contributed by atoms with E-state index in [0.29, 0.717) is 17.0 Å². The second-order valence-corrected chi connectivity index (χ2v) is 5.20. The van der Waals surface area contributed by atoms with E-state index in [1.807, 2.05) is 6.92 Å². The molecule has 0 unspecified atom stereocenters. The molecule has 2 aromatic rings. The minimum atomic E-state index is -2.52. The van der Waals surface area contributed by atoms with Crippen LogP contribution < -0.4 is 10.1 Å². The van der Waals surface area contributed by atoms with Gasteiger partial charge >= 0.3 is 0 Å². The molecule has 124 valence electrons. The average Bonchev–Trinajstić information content (AvgIpc) is 2.76. The van der Waals surface area contributed by atoms with Crippen LogP contribution in [0.2, 0.25) is 0 Å². The highest BCUT2D eigenvalue weighted by Gasteiger charge is 2.16. The number of aromatic nitrogens is 2. The third-order valence-electron chi connectivity index (χ3n) is 3.46.